The van der Waals surface area contributed by atoms with E-state index in [2.05, 4.69) is 39.3 Å². The number of hydrogen-bond donors (Lipinski definition) is 2. The highest BCUT2D eigenvalue weighted by Crippen LogP contribution is 2.53. The van der Waals surface area contributed by atoms with Crippen molar-refractivity contribution in [2.24, 2.45) is 5.41 Å². The van der Waals surface area contributed by atoms with Crippen molar-refractivity contribution in [1.29, 1.82) is 0 Å². The molecule has 0 saturated heterocycles. The van der Waals surface area contributed by atoms with Gasteiger partial charge in [-0.1, -0.05) is 12.5 Å². The third kappa shape index (κ3) is 6.39. The summed E-state index contributed by atoms with van der Waals surface area (Å²) in [5.41, 5.74) is -2.81. The van der Waals surface area contributed by atoms with Crippen LogP contribution in [-0.4, -0.2) is 70.9 Å². The Labute approximate surface area is 253 Å². The first-order chi connectivity index (χ1) is 20.6. The normalized spacial score (nSPS) is 20.6. The standard InChI is InChI=1S/C29H37F4N7O3S/c1-17(2)40-25-23(15-34-27(37-25)35-19-7-9-20(10-8-19)39(3)4)36-24(26(40)41)18-6-11-22(21(30)14-18)38-44(42,43)16-28(12-5-13-28)29(31,32)33/h6,11,14-15,17,19-20,38H,5,7-10,12-13,16H2,1-4H3,(H,34,35,37). The van der Waals surface area contributed by atoms with Gasteiger partial charge in [0.2, 0.25) is 16.0 Å². The molecule has 240 valence electrons. The molecule has 3 aromatic rings. The second kappa shape index (κ2) is 11.9. The number of rotatable bonds is 9. The van der Waals surface area contributed by atoms with Crippen LogP contribution in [0.4, 0.5) is 29.2 Å². The van der Waals surface area contributed by atoms with Crippen LogP contribution in [0.1, 0.15) is 64.8 Å². The largest absolute Gasteiger partial charge is 0.395 e. The molecule has 44 heavy (non-hydrogen) atoms. The van der Waals surface area contributed by atoms with Crippen LogP contribution >= 0.6 is 0 Å². The number of nitrogens with zero attached hydrogens (tertiary/aromatic N) is 5. The molecule has 2 heterocycles. The summed E-state index contributed by atoms with van der Waals surface area (Å²) in [6, 6.07) is 3.69. The third-order valence-electron chi connectivity index (χ3n) is 8.79. The van der Waals surface area contributed by atoms with Crippen LogP contribution in [0.2, 0.25) is 0 Å². The topological polar surface area (TPSA) is 122 Å². The van der Waals surface area contributed by atoms with Crippen LogP contribution in [0, 0.1) is 11.2 Å². The van der Waals surface area contributed by atoms with Crippen LogP contribution in [0.5, 0.6) is 0 Å². The summed E-state index contributed by atoms with van der Waals surface area (Å²) in [7, 11) is -0.374. The molecule has 0 spiro atoms. The molecule has 2 N–H and O–H groups in total. The Bertz CT molecular complexity index is 1700. The van der Waals surface area contributed by atoms with Gasteiger partial charge in [-0.3, -0.25) is 14.1 Å². The van der Waals surface area contributed by atoms with Crippen molar-refractivity contribution in [2.45, 2.75) is 83.1 Å². The number of aromatic nitrogens is 4. The van der Waals surface area contributed by atoms with Crippen molar-refractivity contribution in [3.63, 3.8) is 0 Å². The molecule has 0 aliphatic heterocycles. The zero-order valence-electron chi connectivity index (χ0n) is 25.1. The molecule has 0 amide bonds. The minimum atomic E-state index is -4.69. The highest BCUT2D eigenvalue weighted by molar-refractivity contribution is 7.92. The number of alkyl halides is 3. The zero-order chi connectivity index (χ0) is 32.0. The zero-order valence-corrected chi connectivity index (χ0v) is 25.9. The predicted octanol–water partition coefficient (Wildman–Crippen LogP) is 5.33. The van der Waals surface area contributed by atoms with Crippen molar-refractivity contribution in [3.8, 4) is 11.3 Å². The van der Waals surface area contributed by atoms with E-state index in [0.29, 0.717) is 23.2 Å². The van der Waals surface area contributed by atoms with Crippen molar-refractivity contribution in [2.75, 3.05) is 29.9 Å². The van der Waals surface area contributed by atoms with E-state index in [4.69, 9.17) is 0 Å². The molecule has 2 aliphatic rings. The molecule has 5 rings (SSSR count). The molecule has 0 radical (unpaired) electrons. The van der Waals surface area contributed by atoms with Gasteiger partial charge in [0, 0.05) is 23.7 Å². The first kappa shape index (κ1) is 32.1. The lowest BCUT2D eigenvalue weighted by Gasteiger charge is -2.42. The Morgan fingerprint density at radius 1 is 1.11 bits per heavy atom. The van der Waals surface area contributed by atoms with Crippen molar-refractivity contribution in [1.82, 2.24) is 24.4 Å². The van der Waals surface area contributed by atoms with Crippen LogP contribution < -0.4 is 15.6 Å². The summed E-state index contributed by atoms with van der Waals surface area (Å²) in [6.45, 7) is 3.60. The second-order valence-electron chi connectivity index (χ2n) is 12.4. The maximum Gasteiger partial charge on any atom is 0.395 e. The number of hydrogen-bond acceptors (Lipinski definition) is 8. The van der Waals surface area contributed by atoms with Gasteiger partial charge >= 0.3 is 6.18 Å². The number of halogens is 4. The van der Waals surface area contributed by atoms with Crippen LogP contribution in [-0.2, 0) is 10.0 Å². The molecule has 2 saturated carbocycles. The number of benzene rings is 1. The molecule has 10 nitrogen and oxygen atoms in total. The van der Waals surface area contributed by atoms with Gasteiger partial charge in [-0.2, -0.15) is 18.2 Å². The molecule has 1 aromatic carbocycles. The van der Waals surface area contributed by atoms with E-state index >= 15 is 4.39 Å². The summed E-state index contributed by atoms with van der Waals surface area (Å²) < 4.78 is 84.4. The maximum atomic E-state index is 15.2. The fraction of sp³-hybridized carbons (Fsp3) is 0.586. The van der Waals surface area contributed by atoms with E-state index in [-0.39, 0.29) is 42.6 Å². The lowest BCUT2D eigenvalue weighted by Crippen LogP contribution is -2.49. The lowest BCUT2D eigenvalue weighted by atomic mass is 9.70. The fourth-order valence-electron chi connectivity index (χ4n) is 6.08. The van der Waals surface area contributed by atoms with E-state index in [1.807, 2.05) is 4.72 Å². The van der Waals surface area contributed by atoms with Gasteiger partial charge < -0.3 is 10.2 Å². The highest BCUT2D eigenvalue weighted by Gasteiger charge is 2.60. The Morgan fingerprint density at radius 3 is 2.34 bits per heavy atom. The first-order valence-corrected chi connectivity index (χ1v) is 16.3. The lowest BCUT2D eigenvalue weighted by molar-refractivity contribution is -0.241. The molecular formula is C29H37F4N7O3S. The Kier molecular flexibility index (Phi) is 8.66. The Morgan fingerprint density at radius 2 is 1.80 bits per heavy atom. The fourth-order valence-corrected chi connectivity index (χ4v) is 7.84. The molecular weight excluding hydrogens is 602 g/mol. The number of fused-ring (bicyclic) bond motifs is 1. The van der Waals surface area contributed by atoms with Gasteiger partial charge in [0.25, 0.3) is 5.56 Å². The van der Waals surface area contributed by atoms with E-state index in [9.17, 15) is 26.4 Å². The molecule has 2 fully saturated rings. The summed E-state index contributed by atoms with van der Waals surface area (Å²) in [5.74, 6) is -1.87. The van der Waals surface area contributed by atoms with Gasteiger partial charge in [0.05, 0.1) is 23.1 Å². The molecule has 2 aromatic heterocycles. The number of nitrogens with one attached hydrogen (secondary N) is 2. The molecule has 0 unspecified atom stereocenters. The number of sulfonamides is 1. The average Bonchev–Trinajstić information content (AvgIpc) is 2.91. The molecule has 0 bridgehead atoms. The van der Waals surface area contributed by atoms with E-state index < -0.39 is 44.4 Å². The van der Waals surface area contributed by atoms with E-state index in [0.717, 1.165) is 37.8 Å². The summed E-state index contributed by atoms with van der Waals surface area (Å²) in [5, 5.41) is 3.37. The van der Waals surface area contributed by atoms with E-state index in [1.54, 1.807) is 13.8 Å². The van der Waals surface area contributed by atoms with Crippen LogP contribution in [0.25, 0.3) is 22.4 Å². The van der Waals surface area contributed by atoms with Crippen molar-refractivity contribution >= 4 is 32.8 Å². The highest BCUT2D eigenvalue weighted by atomic mass is 32.2. The monoisotopic (exact) mass is 639 g/mol. The second-order valence-corrected chi connectivity index (χ2v) is 14.2. The SMILES string of the molecule is CC(C)n1c(=O)c(-c2ccc(NS(=O)(=O)CC3(C(F)(F)F)CCC3)c(F)c2)nc2cnc(NC3CCC(N(C)C)CC3)nc21. The predicted molar refractivity (Wildman–Crippen MR) is 160 cm³/mol. The summed E-state index contributed by atoms with van der Waals surface area (Å²) >= 11 is 0. The third-order valence-corrected chi connectivity index (χ3v) is 10.3. The van der Waals surface area contributed by atoms with Crippen LogP contribution in [0.3, 0.4) is 0 Å². The Hall–Kier alpha value is -3.33. The minimum absolute atomic E-state index is 0.0670. The average molecular weight is 640 g/mol. The molecule has 2 aliphatic carbocycles. The van der Waals surface area contributed by atoms with Crippen molar-refractivity contribution < 1.29 is 26.0 Å². The van der Waals surface area contributed by atoms with Crippen molar-refractivity contribution in [3.05, 3.63) is 40.6 Å². The van der Waals surface area contributed by atoms with Gasteiger partial charge in [0.1, 0.15) is 17.0 Å². The van der Waals surface area contributed by atoms with Gasteiger partial charge in [0.15, 0.2) is 5.65 Å². The minimum Gasteiger partial charge on any atom is -0.351 e. The maximum absolute atomic E-state index is 15.2. The van der Waals surface area contributed by atoms with Crippen LogP contribution in [0.15, 0.2) is 29.2 Å². The Balaban J connectivity index is 1.40. The summed E-state index contributed by atoms with van der Waals surface area (Å²) in [4.78, 5) is 29.3. The van der Waals surface area contributed by atoms with Gasteiger partial charge in [-0.15, -0.1) is 0 Å². The quantitative estimate of drug-likeness (QED) is 0.302. The molecule has 15 heteroatoms. The first-order valence-electron chi connectivity index (χ1n) is 14.7. The van der Waals surface area contributed by atoms with Gasteiger partial charge in [-0.25, -0.2) is 22.8 Å². The van der Waals surface area contributed by atoms with E-state index in [1.165, 1.54) is 16.8 Å². The smallest absolute Gasteiger partial charge is 0.351 e. The number of anilines is 2. The summed E-state index contributed by atoms with van der Waals surface area (Å²) in [6.07, 6.45) is 0.488. The van der Waals surface area contributed by atoms with Gasteiger partial charge in [-0.05, 0) is 78.6 Å². The molecule has 0 atom stereocenters.